The minimum Gasteiger partial charge on any atom is -0.311 e. The second-order valence-corrected chi connectivity index (χ2v) is 16.7. The normalized spacial score (nSPS) is 11.3. The molecule has 0 amide bonds. The van der Waals surface area contributed by atoms with E-state index >= 15 is 0 Å². The van der Waals surface area contributed by atoms with E-state index in [9.17, 15) is 0 Å². The molecule has 1 nitrogen and oxygen atoms in total. The zero-order chi connectivity index (χ0) is 44.5. The van der Waals surface area contributed by atoms with Crippen LogP contribution in [-0.2, 0) is 0 Å². The molecule has 0 aromatic heterocycles. The van der Waals surface area contributed by atoms with Crippen LogP contribution in [-0.4, -0.2) is 0 Å². The molecule has 65 heavy (non-hydrogen) atoms. The van der Waals surface area contributed by atoms with E-state index in [1.165, 1.54) is 89.1 Å². The third-order valence-electron chi connectivity index (χ3n) is 12.4. The topological polar surface area (TPSA) is 3.24 Å². The van der Waals surface area contributed by atoms with E-state index in [0.29, 0.717) is 0 Å². The number of anilines is 3. The first-order chi connectivity index (χ1) is 31.9. The van der Waals surface area contributed by atoms with Crippen LogP contribution in [0.4, 0.5) is 17.1 Å². The van der Waals surface area contributed by atoms with Gasteiger partial charge in [0.05, 0.1) is 0 Å². The van der Waals surface area contributed by atoms with E-state index < -0.39 is 0 Å². The lowest BCUT2D eigenvalue weighted by Crippen LogP contribution is -2.10. The van der Waals surface area contributed by atoms with Crippen molar-refractivity contribution in [1.82, 2.24) is 0 Å². The highest BCUT2D eigenvalue weighted by Crippen LogP contribution is 2.40. The number of rotatable bonds is 12. The summed E-state index contributed by atoms with van der Waals surface area (Å²) >= 11 is 0. The van der Waals surface area contributed by atoms with Crippen LogP contribution < -0.4 is 4.90 Å². The molecule has 0 fully saturated rings. The van der Waals surface area contributed by atoms with Crippen molar-refractivity contribution in [3.8, 4) is 0 Å². The number of allylic oxidation sites excluding steroid dienone is 3. The van der Waals surface area contributed by atoms with E-state index in [1.54, 1.807) is 0 Å². The van der Waals surface area contributed by atoms with Gasteiger partial charge in [0.1, 0.15) is 0 Å². The summed E-state index contributed by atoms with van der Waals surface area (Å²) in [6.07, 6.45) is 0. The zero-order valence-corrected chi connectivity index (χ0v) is 37.6. The Kier molecular flexibility index (Phi) is 12.7. The Hall–Kier alpha value is -8.00. The summed E-state index contributed by atoms with van der Waals surface area (Å²) in [6, 6.07) is 89.7. The highest BCUT2D eigenvalue weighted by Gasteiger charge is 2.18. The van der Waals surface area contributed by atoms with Crippen LogP contribution in [0.1, 0.15) is 76.4 Å². The van der Waals surface area contributed by atoms with Gasteiger partial charge in [0.2, 0.25) is 0 Å². The molecule has 0 N–H and O–H groups in total. The SMILES string of the molecule is CC(=C(c1ccccc1)c1ccccc1)c1ccc(N(c2ccc(C(C)=C(c3ccccc3)c3ccccc3)cc2)c2ccc(/C(C)=C(/c3ccccc3)c3cccc(C)c3)cc2)cc1. The first kappa shape index (κ1) is 42.3. The summed E-state index contributed by atoms with van der Waals surface area (Å²) in [7, 11) is 0. The lowest BCUT2D eigenvalue weighted by atomic mass is 9.89. The molecule has 9 aromatic rings. The quantitative estimate of drug-likeness (QED) is 0.111. The first-order valence-corrected chi connectivity index (χ1v) is 22.5. The van der Waals surface area contributed by atoms with Crippen LogP contribution in [0.5, 0.6) is 0 Å². The summed E-state index contributed by atoms with van der Waals surface area (Å²) in [5.41, 5.74) is 22.7. The second kappa shape index (κ2) is 19.6. The maximum atomic E-state index is 2.37. The van der Waals surface area contributed by atoms with Crippen molar-refractivity contribution in [3.63, 3.8) is 0 Å². The fourth-order valence-corrected chi connectivity index (χ4v) is 9.09. The first-order valence-electron chi connectivity index (χ1n) is 22.5. The predicted molar refractivity (Wildman–Crippen MR) is 279 cm³/mol. The van der Waals surface area contributed by atoms with Gasteiger partial charge < -0.3 is 4.90 Å². The van der Waals surface area contributed by atoms with Gasteiger partial charge in [-0.15, -0.1) is 0 Å². The lowest BCUT2D eigenvalue weighted by molar-refractivity contribution is 1.27. The van der Waals surface area contributed by atoms with Gasteiger partial charge in [-0.2, -0.15) is 0 Å². The fraction of sp³-hybridized carbons (Fsp3) is 0.0625. The maximum Gasteiger partial charge on any atom is 0.0462 e. The molecule has 0 radical (unpaired) electrons. The molecular formula is C64H53N. The van der Waals surface area contributed by atoms with Gasteiger partial charge in [-0.25, -0.2) is 0 Å². The van der Waals surface area contributed by atoms with Crippen LogP contribution >= 0.6 is 0 Å². The van der Waals surface area contributed by atoms with Crippen molar-refractivity contribution in [3.05, 3.63) is 304 Å². The fourth-order valence-electron chi connectivity index (χ4n) is 9.09. The van der Waals surface area contributed by atoms with E-state index in [-0.39, 0.29) is 0 Å². The molecule has 0 bridgehead atoms. The van der Waals surface area contributed by atoms with Crippen LogP contribution in [0.25, 0.3) is 33.4 Å². The molecule has 9 aromatic carbocycles. The van der Waals surface area contributed by atoms with Crippen LogP contribution in [0.3, 0.4) is 0 Å². The predicted octanol–water partition coefficient (Wildman–Crippen LogP) is 17.4. The Morgan fingerprint density at radius 3 is 0.754 bits per heavy atom. The summed E-state index contributed by atoms with van der Waals surface area (Å²) in [6.45, 7) is 8.89. The highest BCUT2D eigenvalue weighted by molar-refractivity contribution is 6.00. The van der Waals surface area contributed by atoms with Crippen LogP contribution in [0, 0.1) is 6.92 Å². The number of benzene rings is 9. The number of aryl methyl sites for hydroxylation is 1. The van der Waals surface area contributed by atoms with Gasteiger partial charge in [-0.05, 0) is 148 Å². The van der Waals surface area contributed by atoms with Crippen molar-refractivity contribution in [2.45, 2.75) is 27.7 Å². The Morgan fingerprint density at radius 2 is 0.492 bits per heavy atom. The average Bonchev–Trinajstić information content (AvgIpc) is 3.36. The molecule has 0 aliphatic heterocycles. The third-order valence-corrected chi connectivity index (χ3v) is 12.4. The zero-order valence-electron chi connectivity index (χ0n) is 37.6. The molecular weight excluding hydrogens is 783 g/mol. The number of nitrogens with zero attached hydrogens (tertiary/aromatic N) is 1. The molecule has 314 valence electrons. The number of hydrogen-bond acceptors (Lipinski definition) is 1. The van der Waals surface area contributed by atoms with Crippen LogP contribution in [0.2, 0.25) is 0 Å². The van der Waals surface area contributed by atoms with Crippen molar-refractivity contribution in [2.75, 3.05) is 4.90 Å². The standard InChI is InChI=1S/C64H53N/c1-46-21-20-32-58(45-46)64(57-30-18-9-19-31-57)49(4)52-37-43-61(44-38-52)65(59-39-33-50(34-40-59)47(2)62(53-22-10-5-11-23-53)54-24-12-6-13-25-54)60-41-35-51(36-42-60)48(3)63(55-26-14-7-15-27-55)56-28-16-8-17-29-56/h5-45H,1-4H3/b64-49-. The summed E-state index contributed by atoms with van der Waals surface area (Å²) in [5, 5.41) is 0. The molecule has 0 heterocycles. The van der Waals surface area contributed by atoms with Crippen molar-refractivity contribution in [1.29, 1.82) is 0 Å². The largest absolute Gasteiger partial charge is 0.311 e. The Labute approximate surface area is 385 Å². The van der Waals surface area contributed by atoms with Gasteiger partial charge in [-0.1, -0.05) is 218 Å². The molecule has 0 saturated carbocycles. The van der Waals surface area contributed by atoms with Crippen molar-refractivity contribution in [2.24, 2.45) is 0 Å². The maximum absolute atomic E-state index is 2.37. The number of hydrogen-bond donors (Lipinski definition) is 0. The van der Waals surface area contributed by atoms with Crippen LogP contribution in [0.15, 0.2) is 249 Å². The summed E-state index contributed by atoms with van der Waals surface area (Å²) in [5.74, 6) is 0. The van der Waals surface area contributed by atoms with Crippen molar-refractivity contribution >= 4 is 50.5 Å². The minimum absolute atomic E-state index is 1.08. The lowest BCUT2D eigenvalue weighted by Gasteiger charge is -2.27. The molecule has 0 unspecified atom stereocenters. The average molecular weight is 836 g/mol. The van der Waals surface area contributed by atoms with E-state index in [0.717, 1.165) is 17.1 Å². The summed E-state index contributed by atoms with van der Waals surface area (Å²) < 4.78 is 0. The van der Waals surface area contributed by atoms with Gasteiger partial charge in [0.15, 0.2) is 0 Å². The molecule has 0 aliphatic rings. The summed E-state index contributed by atoms with van der Waals surface area (Å²) in [4.78, 5) is 2.37. The Bertz CT molecular complexity index is 2860. The van der Waals surface area contributed by atoms with E-state index in [2.05, 4.69) is 281 Å². The van der Waals surface area contributed by atoms with E-state index in [4.69, 9.17) is 0 Å². The van der Waals surface area contributed by atoms with Gasteiger partial charge in [0.25, 0.3) is 0 Å². The Balaban J connectivity index is 1.15. The smallest absolute Gasteiger partial charge is 0.0462 e. The van der Waals surface area contributed by atoms with Gasteiger partial charge >= 0.3 is 0 Å². The molecule has 0 spiro atoms. The minimum atomic E-state index is 1.08. The third kappa shape index (κ3) is 9.37. The second-order valence-electron chi connectivity index (χ2n) is 16.7. The Morgan fingerprint density at radius 1 is 0.246 bits per heavy atom. The molecule has 0 saturated heterocycles. The van der Waals surface area contributed by atoms with Gasteiger partial charge in [0, 0.05) is 17.1 Å². The molecule has 0 aliphatic carbocycles. The molecule has 0 atom stereocenters. The highest BCUT2D eigenvalue weighted by atomic mass is 15.1. The monoisotopic (exact) mass is 835 g/mol. The van der Waals surface area contributed by atoms with E-state index in [1.807, 2.05) is 0 Å². The van der Waals surface area contributed by atoms with Crippen molar-refractivity contribution < 1.29 is 0 Å². The molecule has 9 rings (SSSR count). The molecule has 1 heteroatoms. The van der Waals surface area contributed by atoms with Gasteiger partial charge in [-0.3, -0.25) is 0 Å².